The van der Waals surface area contributed by atoms with E-state index in [9.17, 15) is 0 Å². The highest BCUT2D eigenvalue weighted by molar-refractivity contribution is 4.93. The van der Waals surface area contributed by atoms with Crippen LogP contribution in [0.5, 0.6) is 0 Å². The summed E-state index contributed by atoms with van der Waals surface area (Å²) in [4.78, 5) is 0. The van der Waals surface area contributed by atoms with Gasteiger partial charge in [0.1, 0.15) is 0 Å². The molecule has 58 valence electrons. The molecule has 2 saturated carbocycles. The van der Waals surface area contributed by atoms with E-state index in [-0.39, 0.29) is 0 Å². The van der Waals surface area contributed by atoms with Crippen molar-refractivity contribution in [1.82, 2.24) is 0 Å². The molecule has 10 heavy (non-hydrogen) atoms. The second-order valence-corrected chi connectivity index (χ2v) is 4.22. The fourth-order valence-corrected chi connectivity index (χ4v) is 1.86. The van der Waals surface area contributed by atoms with E-state index in [0.29, 0.717) is 6.04 Å². The summed E-state index contributed by atoms with van der Waals surface area (Å²) in [5.41, 5.74) is 6.01. The number of nitrogens with two attached hydrogens (primary N) is 1. The highest BCUT2D eigenvalue weighted by atomic mass is 14.7. The first-order chi connectivity index (χ1) is 4.77. The van der Waals surface area contributed by atoms with E-state index >= 15 is 0 Å². The number of rotatable bonds is 3. The minimum absolute atomic E-state index is 0.544. The average Bonchev–Trinajstić information content (AvgIpc) is 2.66. The van der Waals surface area contributed by atoms with E-state index < -0.39 is 0 Å². The Morgan fingerprint density at radius 3 is 2.50 bits per heavy atom. The maximum Gasteiger partial charge on any atom is 0.00724 e. The molecule has 3 unspecified atom stereocenters. The van der Waals surface area contributed by atoms with Crippen LogP contribution in [0, 0.1) is 17.8 Å². The minimum atomic E-state index is 0.544. The zero-order chi connectivity index (χ0) is 7.14. The molecule has 0 amide bonds. The van der Waals surface area contributed by atoms with Gasteiger partial charge in [-0.25, -0.2) is 0 Å². The van der Waals surface area contributed by atoms with Crippen molar-refractivity contribution in [3.8, 4) is 0 Å². The Labute approximate surface area is 63.0 Å². The Morgan fingerprint density at radius 1 is 1.50 bits per heavy atom. The third-order valence-electron chi connectivity index (χ3n) is 3.02. The van der Waals surface area contributed by atoms with Gasteiger partial charge in [-0.05, 0) is 30.6 Å². The van der Waals surface area contributed by atoms with Gasteiger partial charge in [-0.3, -0.25) is 0 Å². The van der Waals surface area contributed by atoms with E-state index in [1.54, 1.807) is 0 Å². The topological polar surface area (TPSA) is 26.0 Å². The van der Waals surface area contributed by atoms with E-state index in [1.165, 1.54) is 25.7 Å². The first-order valence-corrected chi connectivity index (χ1v) is 4.53. The number of hydrogen-bond acceptors (Lipinski definition) is 1. The summed E-state index contributed by atoms with van der Waals surface area (Å²) in [6.45, 7) is 2.32. The van der Waals surface area contributed by atoms with Gasteiger partial charge in [0, 0.05) is 6.04 Å². The lowest BCUT2D eigenvalue weighted by molar-refractivity contribution is 0.496. The van der Waals surface area contributed by atoms with Gasteiger partial charge >= 0.3 is 0 Å². The highest BCUT2D eigenvalue weighted by Gasteiger charge is 2.39. The van der Waals surface area contributed by atoms with Crippen LogP contribution in [-0.2, 0) is 0 Å². The second-order valence-electron chi connectivity index (χ2n) is 4.22. The van der Waals surface area contributed by atoms with Gasteiger partial charge in [0.05, 0.1) is 0 Å². The van der Waals surface area contributed by atoms with Gasteiger partial charge in [0.25, 0.3) is 0 Å². The van der Waals surface area contributed by atoms with E-state index in [1.807, 2.05) is 0 Å². The van der Waals surface area contributed by atoms with E-state index in [2.05, 4.69) is 6.92 Å². The monoisotopic (exact) mass is 139 g/mol. The molecule has 1 heteroatoms. The van der Waals surface area contributed by atoms with Gasteiger partial charge < -0.3 is 5.73 Å². The average molecular weight is 139 g/mol. The molecule has 2 aliphatic rings. The predicted octanol–water partition coefficient (Wildman–Crippen LogP) is 1.77. The molecule has 0 saturated heterocycles. The van der Waals surface area contributed by atoms with E-state index in [4.69, 9.17) is 5.73 Å². The lowest BCUT2D eigenvalue weighted by Crippen LogP contribution is -2.23. The molecule has 0 aromatic rings. The summed E-state index contributed by atoms with van der Waals surface area (Å²) in [6, 6.07) is 0.544. The summed E-state index contributed by atoms with van der Waals surface area (Å²) in [5.74, 6) is 2.84. The molecule has 0 aliphatic heterocycles. The predicted molar refractivity (Wildman–Crippen MR) is 42.6 cm³/mol. The smallest absolute Gasteiger partial charge is 0.00724 e. The molecule has 2 fully saturated rings. The number of hydrogen-bond donors (Lipinski definition) is 1. The van der Waals surface area contributed by atoms with Crippen LogP contribution in [0.3, 0.4) is 0 Å². The molecule has 0 bridgehead atoms. The van der Waals surface area contributed by atoms with Gasteiger partial charge in [-0.1, -0.05) is 19.8 Å². The van der Waals surface area contributed by atoms with Gasteiger partial charge in [0.15, 0.2) is 0 Å². The van der Waals surface area contributed by atoms with Gasteiger partial charge in [-0.15, -0.1) is 0 Å². The quantitative estimate of drug-likeness (QED) is 0.633. The third kappa shape index (κ3) is 1.34. The molecule has 3 atom stereocenters. The molecular formula is C9H17N. The van der Waals surface area contributed by atoms with Crippen LogP contribution in [-0.4, -0.2) is 6.04 Å². The summed E-state index contributed by atoms with van der Waals surface area (Å²) < 4.78 is 0. The molecular weight excluding hydrogens is 122 g/mol. The zero-order valence-electron chi connectivity index (χ0n) is 6.72. The fourth-order valence-electron chi connectivity index (χ4n) is 1.86. The molecule has 2 N–H and O–H groups in total. The Balaban J connectivity index is 1.71. The zero-order valence-corrected chi connectivity index (χ0v) is 6.72. The molecule has 0 aromatic carbocycles. The first-order valence-electron chi connectivity index (χ1n) is 4.53. The highest BCUT2D eigenvalue weighted by Crippen LogP contribution is 2.44. The van der Waals surface area contributed by atoms with Crippen molar-refractivity contribution in [3.05, 3.63) is 0 Å². The fraction of sp³-hybridized carbons (Fsp3) is 1.00. The summed E-state index contributed by atoms with van der Waals surface area (Å²) in [7, 11) is 0. The van der Waals surface area contributed by atoms with Crippen molar-refractivity contribution in [3.63, 3.8) is 0 Å². The summed E-state index contributed by atoms with van der Waals surface area (Å²) in [5, 5.41) is 0. The van der Waals surface area contributed by atoms with Crippen molar-refractivity contribution in [2.75, 3.05) is 0 Å². The summed E-state index contributed by atoms with van der Waals surface area (Å²) in [6.07, 6.45) is 5.62. The molecule has 2 rings (SSSR count). The standard InChI is InChI=1S/C9H17N/c1-6-4-8(6)9(10)5-7-2-3-7/h6-9H,2-5,10H2,1H3. The van der Waals surface area contributed by atoms with Crippen LogP contribution in [0.2, 0.25) is 0 Å². The Hall–Kier alpha value is -0.0400. The maximum absolute atomic E-state index is 6.01. The van der Waals surface area contributed by atoms with Crippen molar-refractivity contribution >= 4 is 0 Å². The Kier molecular flexibility index (Phi) is 1.48. The van der Waals surface area contributed by atoms with E-state index in [0.717, 1.165) is 17.8 Å². The molecule has 0 heterocycles. The maximum atomic E-state index is 6.01. The molecule has 1 nitrogen and oxygen atoms in total. The van der Waals surface area contributed by atoms with Gasteiger partial charge in [0.2, 0.25) is 0 Å². The molecule has 0 aromatic heterocycles. The van der Waals surface area contributed by atoms with Crippen LogP contribution >= 0.6 is 0 Å². The SMILES string of the molecule is CC1CC1C(N)CC1CC1. The van der Waals surface area contributed by atoms with Crippen LogP contribution < -0.4 is 5.73 Å². The summed E-state index contributed by atoms with van der Waals surface area (Å²) >= 11 is 0. The van der Waals surface area contributed by atoms with Crippen molar-refractivity contribution in [2.24, 2.45) is 23.5 Å². The molecule has 0 spiro atoms. The largest absolute Gasteiger partial charge is 0.327 e. The third-order valence-corrected chi connectivity index (χ3v) is 3.02. The van der Waals surface area contributed by atoms with Crippen LogP contribution in [0.1, 0.15) is 32.6 Å². The van der Waals surface area contributed by atoms with Crippen molar-refractivity contribution in [2.45, 2.75) is 38.6 Å². The minimum Gasteiger partial charge on any atom is -0.327 e. The van der Waals surface area contributed by atoms with Crippen LogP contribution in [0.25, 0.3) is 0 Å². The molecule has 2 aliphatic carbocycles. The molecule has 0 radical (unpaired) electrons. The van der Waals surface area contributed by atoms with Crippen molar-refractivity contribution in [1.29, 1.82) is 0 Å². The first kappa shape index (κ1) is 6.66. The second kappa shape index (κ2) is 2.23. The van der Waals surface area contributed by atoms with Crippen molar-refractivity contribution < 1.29 is 0 Å². The lowest BCUT2D eigenvalue weighted by atomic mass is 10.1. The normalized spacial score (nSPS) is 41.4. The van der Waals surface area contributed by atoms with Crippen LogP contribution in [0.4, 0.5) is 0 Å². The Morgan fingerprint density at radius 2 is 2.10 bits per heavy atom. The van der Waals surface area contributed by atoms with Crippen LogP contribution in [0.15, 0.2) is 0 Å². The Bertz CT molecular complexity index is 129. The van der Waals surface area contributed by atoms with Gasteiger partial charge in [-0.2, -0.15) is 0 Å². The lowest BCUT2D eigenvalue weighted by Gasteiger charge is -2.08.